The Morgan fingerprint density at radius 3 is 2.29 bits per heavy atom. The van der Waals surface area contributed by atoms with E-state index in [1.165, 1.54) is 18.2 Å². The largest absolute Gasteiger partial charge is 0.478 e. The number of carbonyl (C=O) groups is 2. The number of benzene rings is 1. The zero-order valence-corrected chi connectivity index (χ0v) is 9.06. The second-order valence-corrected chi connectivity index (χ2v) is 4.30. The van der Waals surface area contributed by atoms with Gasteiger partial charge < -0.3 is 10.2 Å². The molecule has 1 aromatic carbocycles. The summed E-state index contributed by atoms with van der Waals surface area (Å²) >= 11 is 0. The molecule has 0 aliphatic heterocycles. The molecule has 5 heteroatoms. The number of carboxylic acids is 2. The molecule has 14 heavy (non-hydrogen) atoms. The molecule has 0 fully saturated rings. The van der Waals surface area contributed by atoms with Crippen molar-refractivity contribution in [1.29, 1.82) is 0 Å². The van der Waals surface area contributed by atoms with E-state index < -0.39 is 21.5 Å². The van der Waals surface area contributed by atoms with Gasteiger partial charge in [-0.05, 0) is 18.2 Å². The molecule has 0 atom stereocenters. The molecule has 0 saturated carbocycles. The highest BCUT2D eigenvalue weighted by molar-refractivity contribution is 6.54. The zero-order chi connectivity index (χ0) is 10.7. The minimum absolute atomic E-state index is 0.152. The molecule has 0 aliphatic rings. The third kappa shape index (κ3) is 2.00. The zero-order valence-electron chi connectivity index (χ0n) is 7.65. The molecule has 0 saturated heterocycles. The normalized spacial score (nSPS) is 10.6. The molecule has 0 aliphatic carbocycles. The van der Waals surface area contributed by atoms with E-state index in [0.717, 1.165) is 0 Å². The Morgan fingerprint density at radius 1 is 1.21 bits per heavy atom. The molecule has 0 unspecified atom stereocenters. The average Bonchev–Trinajstić information content (AvgIpc) is 2.16. The lowest BCUT2D eigenvalue weighted by atomic mass is 10.1. The van der Waals surface area contributed by atoms with Crippen LogP contribution in [0.2, 0.25) is 6.55 Å². The first-order valence-electron chi connectivity index (χ1n) is 4.15. The molecule has 1 rings (SSSR count). The third-order valence-electron chi connectivity index (χ3n) is 1.96. The van der Waals surface area contributed by atoms with E-state index in [1.54, 1.807) is 0 Å². The van der Waals surface area contributed by atoms with Crippen LogP contribution in [-0.2, 0) is 0 Å². The number of hydrogen-bond donors (Lipinski definition) is 2. The summed E-state index contributed by atoms with van der Waals surface area (Å²) in [4.78, 5) is 21.4. The first-order chi connectivity index (χ1) is 6.56. The number of hydrogen-bond acceptors (Lipinski definition) is 2. The molecule has 0 bridgehead atoms. The van der Waals surface area contributed by atoms with Crippen molar-refractivity contribution in [3.05, 3.63) is 29.3 Å². The van der Waals surface area contributed by atoms with Crippen molar-refractivity contribution in [1.82, 2.24) is 0 Å². The van der Waals surface area contributed by atoms with Gasteiger partial charge in [0.15, 0.2) is 0 Å². The average molecular weight is 210 g/mol. The van der Waals surface area contributed by atoms with Gasteiger partial charge in [-0.3, -0.25) is 0 Å². The van der Waals surface area contributed by atoms with Gasteiger partial charge in [0.25, 0.3) is 0 Å². The molecule has 4 nitrogen and oxygen atoms in total. The van der Waals surface area contributed by atoms with Gasteiger partial charge in [-0.25, -0.2) is 9.59 Å². The molecular weight excluding hydrogens is 200 g/mol. The predicted molar refractivity (Wildman–Crippen MR) is 54.4 cm³/mol. The first-order valence-corrected chi connectivity index (χ1v) is 6.28. The standard InChI is InChI=1S/C9H10O4Si/c1-14-7-4-5(8(10)11)2-3-6(7)9(12)13/h2-4H,14H2,1H3,(H,10,11)(H,12,13). The SMILES string of the molecule is C[SiH2]c1cc(C(=O)O)ccc1C(=O)O. The highest BCUT2D eigenvalue weighted by Crippen LogP contribution is 2.02. The quantitative estimate of drug-likeness (QED) is 0.685. The Kier molecular flexibility index (Phi) is 3.03. The lowest BCUT2D eigenvalue weighted by molar-refractivity contribution is 0.0682. The van der Waals surface area contributed by atoms with Gasteiger partial charge in [0.2, 0.25) is 0 Å². The third-order valence-corrected chi connectivity index (χ3v) is 3.31. The molecule has 0 aromatic heterocycles. The van der Waals surface area contributed by atoms with Crippen molar-refractivity contribution in [2.24, 2.45) is 0 Å². The summed E-state index contributed by atoms with van der Waals surface area (Å²) in [6, 6.07) is 4.13. The molecule has 1 aromatic rings. The summed E-state index contributed by atoms with van der Waals surface area (Å²) in [5.41, 5.74) is 0.378. The predicted octanol–water partition coefficient (Wildman–Crippen LogP) is -0.0748. The first kappa shape index (κ1) is 10.5. The van der Waals surface area contributed by atoms with Crippen molar-refractivity contribution < 1.29 is 19.8 Å². The van der Waals surface area contributed by atoms with Crippen LogP contribution in [0.25, 0.3) is 0 Å². The fourth-order valence-corrected chi connectivity index (χ4v) is 2.30. The fraction of sp³-hybridized carbons (Fsp3) is 0.111. The van der Waals surface area contributed by atoms with Gasteiger partial charge in [0.1, 0.15) is 0 Å². The van der Waals surface area contributed by atoms with Gasteiger partial charge >= 0.3 is 11.9 Å². The maximum absolute atomic E-state index is 10.7. The summed E-state index contributed by atoms with van der Waals surface area (Å²) in [6.07, 6.45) is 0. The van der Waals surface area contributed by atoms with Gasteiger partial charge in [-0.2, -0.15) is 0 Å². The lowest BCUT2D eigenvalue weighted by Crippen LogP contribution is -2.22. The van der Waals surface area contributed by atoms with Crippen molar-refractivity contribution >= 4 is 26.6 Å². The van der Waals surface area contributed by atoms with E-state index in [1.807, 2.05) is 6.55 Å². The summed E-state index contributed by atoms with van der Waals surface area (Å²) in [5.74, 6) is -2.02. The highest BCUT2D eigenvalue weighted by Gasteiger charge is 2.11. The second kappa shape index (κ2) is 4.06. The van der Waals surface area contributed by atoms with Crippen LogP contribution in [0.1, 0.15) is 20.7 Å². The van der Waals surface area contributed by atoms with E-state index in [9.17, 15) is 9.59 Å². The molecule has 2 N–H and O–H groups in total. The Balaban J connectivity index is 3.25. The van der Waals surface area contributed by atoms with E-state index in [0.29, 0.717) is 5.19 Å². The van der Waals surface area contributed by atoms with E-state index in [2.05, 4.69) is 0 Å². The highest BCUT2D eigenvalue weighted by atomic mass is 28.2. The van der Waals surface area contributed by atoms with Crippen LogP contribution in [0, 0.1) is 0 Å². The van der Waals surface area contributed by atoms with Crippen molar-refractivity contribution in [3.63, 3.8) is 0 Å². The van der Waals surface area contributed by atoms with E-state index >= 15 is 0 Å². The van der Waals surface area contributed by atoms with Crippen molar-refractivity contribution in [2.75, 3.05) is 0 Å². The molecule has 74 valence electrons. The summed E-state index contributed by atoms with van der Waals surface area (Å²) in [5, 5.41) is 18.2. The number of aromatic carboxylic acids is 2. The topological polar surface area (TPSA) is 74.6 Å². The minimum Gasteiger partial charge on any atom is -0.478 e. The number of rotatable bonds is 3. The summed E-state index contributed by atoms with van der Waals surface area (Å²) in [7, 11) is -0.678. The van der Waals surface area contributed by atoms with Crippen LogP contribution in [0.5, 0.6) is 0 Å². The molecule has 0 heterocycles. The monoisotopic (exact) mass is 210 g/mol. The van der Waals surface area contributed by atoms with Crippen LogP contribution in [0.3, 0.4) is 0 Å². The second-order valence-electron chi connectivity index (χ2n) is 2.84. The van der Waals surface area contributed by atoms with Gasteiger partial charge in [0, 0.05) is 0 Å². The van der Waals surface area contributed by atoms with E-state index in [-0.39, 0.29) is 11.1 Å². The van der Waals surface area contributed by atoms with Gasteiger partial charge in [0.05, 0.1) is 20.6 Å². The fourth-order valence-electron chi connectivity index (χ4n) is 1.23. The molecular formula is C9H10O4Si. The van der Waals surface area contributed by atoms with Crippen LogP contribution in [0.4, 0.5) is 0 Å². The Labute approximate surface area is 83.0 Å². The summed E-state index contributed by atoms with van der Waals surface area (Å²) in [6.45, 7) is 1.92. The van der Waals surface area contributed by atoms with Crippen LogP contribution >= 0.6 is 0 Å². The minimum atomic E-state index is -1.02. The van der Waals surface area contributed by atoms with E-state index in [4.69, 9.17) is 10.2 Å². The van der Waals surface area contributed by atoms with Gasteiger partial charge in [-0.15, -0.1) is 0 Å². The van der Waals surface area contributed by atoms with Crippen LogP contribution in [-0.4, -0.2) is 31.7 Å². The van der Waals surface area contributed by atoms with Crippen molar-refractivity contribution in [2.45, 2.75) is 6.55 Å². The van der Waals surface area contributed by atoms with Crippen LogP contribution < -0.4 is 5.19 Å². The summed E-state index contributed by atoms with van der Waals surface area (Å²) < 4.78 is 0. The Hall–Kier alpha value is -1.62. The lowest BCUT2D eigenvalue weighted by Gasteiger charge is -2.03. The number of carboxylic acid groups (broad SMARTS) is 2. The molecule has 0 spiro atoms. The maximum Gasteiger partial charge on any atom is 0.335 e. The molecule has 0 radical (unpaired) electrons. The smallest absolute Gasteiger partial charge is 0.335 e. The Morgan fingerprint density at radius 2 is 1.86 bits per heavy atom. The molecule has 0 amide bonds. The van der Waals surface area contributed by atoms with Gasteiger partial charge in [-0.1, -0.05) is 11.7 Å². The Bertz CT molecular complexity index is 386. The van der Waals surface area contributed by atoms with Crippen molar-refractivity contribution in [3.8, 4) is 0 Å². The van der Waals surface area contributed by atoms with Crippen LogP contribution in [0.15, 0.2) is 18.2 Å². The maximum atomic E-state index is 10.7.